The fourth-order valence-electron chi connectivity index (χ4n) is 3.79. The molecule has 1 fully saturated rings. The van der Waals surface area contributed by atoms with Crippen LogP contribution in [0.25, 0.3) is 0 Å². The highest BCUT2D eigenvalue weighted by Crippen LogP contribution is 2.32. The molecule has 0 spiro atoms. The molecule has 0 bridgehead atoms. The van der Waals surface area contributed by atoms with Gasteiger partial charge in [0.15, 0.2) is 18.0 Å². The van der Waals surface area contributed by atoms with Gasteiger partial charge in [0.2, 0.25) is 6.79 Å². The topological polar surface area (TPSA) is 72.3 Å². The molecule has 0 aliphatic carbocycles. The van der Waals surface area contributed by atoms with Gasteiger partial charge in [-0.15, -0.1) is 0 Å². The number of nitrogens with one attached hydrogen (secondary N) is 2. The SMILES string of the molecule is CCc1ccccc1NC(=O)C[NH+]1CCN(C(=O)c2ccc3c(c2)OCO3)CC1. The Morgan fingerprint density at radius 1 is 1.07 bits per heavy atom. The molecule has 2 amide bonds. The number of rotatable bonds is 5. The predicted octanol–water partition coefficient (Wildman–Crippen LogP) is 0.957. The summed E-state index contributed by atoms with van der Waals surface area (Å²) >= 11 is 0. The van der Waals surface area contributed by atoms with Crippen molar-refractivity contribution in [2.24, 2.45) is 0 Å². The molecule has 2 N–H and O–H groups in total. The summed E-state index contributed by atoms with van der Waals surface area (Å²) in [7, 11) is 0. The number of piperazine rings is 1. The minimum atomic E-state index is -0.0105. The molecule has 0 atom stereocenters. The number of nitrogens with zero attached hydrogens (tertiary/aromatic N) is 1. The van der Waals surface area contributed by atoms with Crippen LogP contribution in [0.15, 0.2) is 42.5 Å². The first-order valence-electron chi connectivity index (χ1n) is 10.0. The highest BCUT2D eigenvalue weighted by molar-refractivity contribution is 5.95. The van der Waals surface area contributed by atoms with Crippen LogP contribution in [0.1, 0.15) is 22.8 Å². The number of carbonyl (C=O) groups excluding carboxylic acids is 2. The zero-order chi connectivity index (χ0) is 20.2. The van der Waals surface area contributed by atoms with Crippen molar-refractivity contribution in [3.05, 3.63) is 53.6 Å². The number of hydrogen-bond acceptors (Lipinski definition) is 4. The van der Waals surface area contributed by atoms with Crippen LogP contribution >= 0.6 is 0 Å². The van der Waals surface area contributed by atoms with Gasteiger partial charge in [-0.05, 0) is 36.2 Å². The summed E-state index contributed by atoms with van der Waals surface area (Å²) in [6.07, 6.45) is 0.879. The van der Waals surface area contributed by atoms with Crippen LogP contribution in [-0.2, 0) is 11.2 Å². The molecule has 7 nitrogen and oxygen atoms in total. The van der Waals surface area contributed by atoms with Crippen molar-refractivity contribution in [2.75, 3.05) is 44.8 Å². The van der Waals surface area contributed by atoms with E-state index in [4.69, 9.17) is 9.47 Å². The fraction of sp³-hybridized carbons (Fsp3) is 0.364. The maximum atomic E-state index is 12.8. The number of fused-ring (bicyclic) bond motifs is 1. The van der Waals surface area contributed by atoms with Gasteiger partial charge in [0, 0.05) is 11.3 Å². The Bertz CT molecular complexity index is 907. The highest BCUT2D eigenvalue weighted by atomic mass is 16.7. The minimum Gasteiger partial charge on any atom is -0.454 e. The van der Waals surface area contributed by atoms with Gasteiger partial charge in [-0.25, -0.2) is 0 Å². The quantitative estimate of drug-likeness (QED) is 0.790. The van der Waals surface area contributed by atoms with Gasteiger partial charge in [-0.1, -0.05) is 25.1 Å². The molecule has 0 unspecified atom stereocenters. The lowest BCUT2D eigenvalue weighted by Gasteiger charge is -2.32. The van der Waals surface area contributed by atoms with Crippen molar-refractivity contribution in [1.82, 2.24) is 4.90 Å². The molecule has 2 aliphatic rings. The van der Waals surface area contributed by atoms with Gasteiger partial charge in [0.05, 0.1) is 26.2 Å². The van der Waals surface area contributed by atoms with E-state index >= 15 is 0 Å². The van der Waals surface area contributed by atoms with E-state index in [-0.39, 0.29) is 18.6 Å². The molecule has 2 heterocycles. The summed E-state index contributed by atoms with van der Waals surface area (Å²) in [5, 5.41) is 3.03. The molecular weight excluding hydrogens is 370 g/mol. The average Bonchev–Trinajstić information content (AvgIpc) is 3.22. The third kappa shape index (κ3) is 4.35. The van der Waals surface area contributed by atoms with Crippen molar-refractivity contribution < 1.29 is 24.0 Å². The second kappa shape index (κ2) is 8.53. The van der Waals surface area contributed by atoms with Gasteiger partial charge >= 0.3 is 0 Å². The molecule has 0 saturated carbocycles. The standard InChI is InChI=1S/C22H25N3O4/c1-2-16-5-3-4-6-18(16)23-21(26)14-24-9-11-25(12-10-24)22(27)17-7-8-19-20(13-17)29-15-28-19/h3-8,13H,2,9-12,14-15H2,1H3,(H,23,26)/p+1. The zero-order valence-electron chi connectivity index (χ0n) is 16.6. The molecule has 29 heavy (non-hydrogen) atoms. The van der Waals surface area contributed by atoms with Crippen molar-refractivity contribution in [2.45, 2.75) is 13.3 Å². The van der Waals surface area contributed by atoms with Gasteiger partial charge < -0.3 is 24.6 Å². The van der Waals surface area contributed by atoms with Crippen LogP contribution in [-0.4, -0.2) is 56.2 Å². The fourth-order valence-corrected chi connectivity index (χ4v) is 3.79. The van der Waals surface area contributed by atoms with Crippen molar-refractivity contribution in [3.8, 4) is 11.5 Å². The Morgan fingerprint density at radius 2 is 1.83 bits per heavy atom. The Labute approximate surface area is 170 Å². The van der Waals surface area contributed by atoms with Crippen LogP contribution in [0.2, 0.25) is 0 Å². The molecule has 0 aromatic heterocycles. The Balaban J connectivity index is 1.29. The molecule has 4 rings (SSSR count). The molecule has 2 aliphatic heterocycles. The lowest BCUT2D eigenvalue weighted by Crippen LogP contribution is -3.15. The first-order chi connectivity index (χ1) is 14.1. The molecule has 0 radical (unpaired) electrons. The lowest BCUT2D eigenvalue weighted by molar-refractivity contribution is -0.895. The summed E-state index contributed by atoms with van der Waals surface area (Å²) in [6.45, 7) is 5.43. The van der Waals surface area contributed by atoms with E-state index in [1.54, 1.807) is 18.2 Å². The second-order valence-electron chi connectivity index (χ2n) is 7.35. The Hall–Kier alpha value is -3.06. The maximum absolute atomic E-state index is 12.8. The molecule has 7 heteroatoms. The second-order valence-corrected chi connectivity index (χ2v) is 7.35. The van der Waals surface area contributed by atoms with Crippen LogP contribution < -0.4 is 19.7 Å². The third-order valence-electron chi connectivity index (χ3n) is 5.46. The van der Waals surface area contributed by atoms with E-state index < -0.39 is 0 Å². The zero-order valence-corrected chi connectivity index (χ0v) is 16.6. The number of para-hydroxylation sites is 1. The van der Waals surface area contributed by atoms with Gasteiger partial charge in [-0.2, -0.15) is 0 Å². The van der Waals surface area contributed by atoms with Gasteiger partial charge in [-0.3, -0.25) is 9.59 Å². The molecule has 2 aromatic carbocycles. The van der Waals surface area contributed by atoms with Crippen LogP contribution in [0, 0.1) is 0 Å². The Morgan fingerprint density at radius 3 is 2.62 bits per heavy atom. The first kappa shape index (κ1) is 19.3. The van der Waals surface area contributed by atoms with Crippen LogP contribution in [0.5, 0.6) is 11.5 Å². The van der Waals surface area contributed by atoms with Crippen LogP contribution in [0.4, 0.5) is 5.69 Å². The smallest absolute Gasteiger partial charge is 0.279 e. The van der Waals surface area contributed by atoms with E-state index in [1.165, 1.54) is 4.90 Å². The lowest BCUT2D eigenvalue weighted by atomic mass is 10.1. The van der Waals surface area contributed by atoms with Crippen LogP contribution in [0.3, 0.4) is 0 Å². The van der Waals surface area contributed by atoms with E-state index in [9.17, 15) is 9.59 Å². The number of carbonyl (C=O) groups is 2. The van der Waals surface area contributed by atoms with Crippen molar-refractivity contribution >= 4 is 17.5 Å². The number of hydrogen-bond donors (Lipinski definition) is 2. The summed E-state index contributed by atoms with van der Waals surface area (Å²) in [5.74, 6) is 1.29. The van der Waals surface area contributed by atoms with E-state index in [2.05, 4.69) is 12.2 Å². The van der Waals surface area contributed by atoms with E-state index in [0.717, 1.165) is 30.8 Å². The summed E-state index contributed by atoms with van der Waals surface area (Å²) in [6, 6.07) is 13.2. The summed E-state index contributed by atoms with van der Waals surface area (Å²) in [5.41, 5.74) is 2.62. The van der Waals surface area contributed by atoms with Gasteiger partial charge in [0.25, 0.3) is 11.8 Å². The van der Waals surface area contributed by atoms with Crippen molar-refractivity contribution in [3.63, 3.8) is 0 Å². The molecule has 2 aromatic rings. The number of ether oxygens (including phenoxy) is 2. The third-order valence-corrected chi connectivity index (χ3v) is 5.46. The first-order valence-corrected chi connectivity index (χ1v) is 10.0. The van der Waals surface area contributed by atoms with E-state index in [1.807, 2.05) is 29.2 Å². The number of anilines is 1. The maximum Gasteiger partial charge on any atom is 0.279 e. The van der Waals surface area contributed by atoms with Gasteiger partial charge in [0.1, 0.15) is 0 Å². The van der Waals surface area contributed by atoms with Crippen molar-refractivity contribution in [1.29, 1.82) is 0 Å². The number of quaternary nitrogens is 1. The summed E-state index contributed by atoms with van der Waals surface area (Å²) < 4.78 is 10.7. The minimum absolute atomic E-state index is 0.0105. The molecule has 152 valence electrons. The highest BCUT2D eigenvalue weighted by Gasteiger charge is 2.27. The molecule has 1 saturated heterocycles. The summed E-state index contributed by atoms with van der Waals surface area (Å²) in [4.78, 5) is 28.3. The predicted molar refractivity (Wildman–Crippen MR) is 108 cm³/mol. The largest absolute Gasteiger partial charge is 0.454 e. The average molecular weight is 396 g/mol. The number of aryl methyl sites for hydroxylation is 1. The Kier molecular flexibility index (Phi) is 5.67. The normalized spacial score (nSPS) is 16.0. The monoisotopic (exact) mass is 396 g/mol. The number of amides is 2. The molecular formula is C22H26N3O4+. The van der Waals surface area contributed by atoms with E-state index in [0.29, 0.717) is 36.7 Å². The number of benzene rings is 2.